The molecule has 2 amide bonds. The zero-order chi connectivity index (χ0) is 14.7. The van der Waals surface area contributed by atoms with Gasteiger partial charge in [0.25, 0.3) is 0 Å². The summed E-state index contributed by atoms with van der Waals surface area (Å²) in [6.45, 7) is 2.58. The van der Waals surface area contributed by atoms with Crippen molar-refractivity contribution >= 4 is 11.7 Å². The Morgan fingerprint density at radius 3 is 2.95 bits per heavy atom. The fourth-order valence-electron chi connectivity index (χ4n) is 2.07. The summed E-state index contributed by atoms with van der Waals surface area (Å²) in [5, 5.41) is 15.1. The van der Waals surface area contributed by atoms with Crippen molar-refractivity contribution in [2.75, 3.05) is 33.4 Å². The first-order chi connectivity index (χ1) is 10.3. The summed E-state index contributed by atoms with van der Waals surface area (Å²) in [7, 11) is 1.54. The molecule has 9 heteroatoms. The lowest BCUT2D eigenvalue weighted by Crippen LogP contribution is -2.46. The summed E-state index contributed by atoms with van der Waals surface area (Å²) in [6.07, 6.45) is 0. The predicted molar refractivity (Wildman–Crippen MR) is 72.0 cm³/mol. The molecule has 0 unspecified atom stereocenters. The molecule has 2 aromatic rings. The van der Waals surface area contributed by atoms with Crippen molar-refractivity contribution in [3.05, 3.63) is 18.0 Å². The molecule has 0 saturated carbocycles. The van der Waals surface area contributed by atoms with Crippen LogP contribution in [0.2, 0.25) is 0 Å². The number of nitrogens with one attached hydrogen (secondary N) is 1. The Balaban J connectivity index is 1.68. The van der Waals surface area contributed by atoms with Gasteiger partial charge in [0, 0.05) is 19.2 Å². The maximum absolute atomic E-state index is 12.0. The fraction of sp³-hybridized carbons (Fsp3) is 0.500. The van der Waals surface area contributed by atoms with Crippen LogP contribution in [0.1, 0.15) is 5.82 Å². The molecule has 112 valence electrons. The zero-order valence-electron chi connectivity index (χ0n) is 11.7. The van der Waals surface area contributed by atoms with Crippen LogP contribution in [0.3, 0.4) is 0 Å². The number of ether oxygens (including phenoxy) is 2. The van der Waals surface area contributed by atoms with E-state index in [1.54, 1.807) is 28.7 Å². The molecule has 1 saturated heterocycles. The molecule has 0 aromatic carbocycles. The van der Waals surface area contributed by atoms with Crippen molar-refractivity contribution in [3.63, 3.8) is 0 Å². The molecule has 1 N–H and O–H groups in total. The molecule has 21 heavy (non-hydrogen) atoms. The van der Waals surface area contributed by atoms with Crippen LogP contribution < -0.4 is 10.1 Å². The normalized spacial score (nSPS) is 15.2. The third-order valence-corrected chi connectivity index (χ3v) is 3.21. The first-order valence-electron chi connectivity index (χ1n) is 6.64. The monoisotopic (exact) mass is 292 g/mol. The Labute approximate surface area is 120 Å². The largest absolute Gasteiger partial charge is 0.480 e. The number of nitrogens with zero attached hydrogens (tertiary/aromatic N) is 5. The van der Waals surface area contributed by atoms with E-state index in [4.69, 9.17) is 9.47 Å². The second-order valence-electron chi connectivity index (χ2n) is 4.52. The van der Waals surface area contributed by atoms with Gasteiger partial charge in [0.2, 0.25) is 5.88 Å². The third-order valence-electron chi connectivity index (χ3n) is 3.21. The van der Waals surface area contributed by atoms with Crippen molar-refractivity contribution < 1.29 is 14.3 Å². The summed E-state index contributed by atoms with van der Waals surface area (Å²) >= 11 is 0. The van der Waals surface area contributed by atoms with Gasteiger partial charge in [-0.1, -0.05) is 0 Å². The SMILES string of the molecule is COc1ccc2nnc(CNC(=O)N3CCOCC3)n2n1. The molecule has 1 aliphatic heterocycles. The Kier molecular flexibility index (Phi) is 3.82. The summed E-state index contributed by atoms with van der Waals surface area (Å²) < 4.78 is 11.8. The van der Waals surface area contributed by atoms with Crippen molar-refractivity contribution in [2.45, 2.75) is 6.54 Å². The Morgan fingerprint density at radius 1 is 1.38 bits per heavy atom. The molecule has 3 rings (SSSR count). The second-order valence-corrected chi connectivity index (χ2v) is 4.52. The van der Waals surface area contributed by atoms with Gasteiger partial charge in [0.15, 0.2) is 11.5 Å². The highest BCUT2D eigenvalue weighted by atomic mass is 16.5. The van der Waals surface area contributed by atoms with E-state index in [9.17, 15) is 4.79 Å². The predicted octanol–water partition coefficient (Wildman–Crippen LogP) is -0.325. The molecule has 1 fully saturated rings. The van der Waals surface area contributed by atoms with Gasteiger partial charge in [-0.05, 0) is 6.07 Å². The van der Waals surface area contributed by atoms with Crippen LogP contribution in [-0.2, 0) is 11.3 Å². The van der Waals surface area contributed by atoms with Crippen LogP contribution >= 0.6 is 0 Å². The van der Waals surface area contributed by atoms with Crippen LogP contribution in [0.25, 0.3) is 5.65 Å². The van der Waals surface area contributed by atoms with E-state index in [0.29, 0.717) is 43.7 Å². The molecular weight excluding hydrogens is 276 g/mol. The van der Waals surface area contributed by atoms with E-state index < -0.39 is 0 Å². The highest BCUT2D eigenvalue weighted by molar-refractivity contribution is 5.74. The van der Waals surface area contributed by atoms with Crippen molar-refractivity contribution in [1.82, 2.24) is 30.0 Å². The number of fused-ring (bicyclic) bond motifs is 1. The standard InChI is InChI=1S/C12H16N6O3/c1-20-11-3-2-9-14-15-10(18(9)16-11)8-13-12(19)17-4-6-21-7-5-17/h2-3H,4-8H2,1H3,(H,13,19). The average molecular weight is 292 g/mol. The average Bonchev–Trinajstić information content (AvgIpc) is 2.95. The van der Waals surface area contributed by atoms with Gasteiger partial charge in [-0.15, -0.1) is 15.3 Å². The number of carbonyl (C=O) groups excluding carboxylic acids is 1. The lowest BCUT2D eigenvalue weighted by molar-refractivity contribution is 0.0531. The maximum atomic E-state index is 12.0. The number of carbonyl (C=O) groups is 1. The van der Waals surface area contributed by atoms with E-state index in [-0.39, 0.29) is 12.6 Å². The molecule has 3 heterocycles. The first-order valence-corrected chi connectivity index (χ1v) is 6.64. The highest BCUT2D eigenvalue weighted by Gasteiger charge is 2.17. The summed E-state index contributed by atoms with van der Waals surface area (Å²) in [6, 6.07) is 3.32. The minimum Gasteiger partial charge on any atom is -0.480 e. The first kappa shape index (κ1) is 13.6. The number of rotatable bonds is 3. The number of hydrogen-bond acceptors (Lipinski definition) is 6. The lowest BCUT2D eigenvalue weighted by atomic mass is 10.4. The molecular formula is C12H16N6O3. The van der Waals surface area contributed by atoms with Gasteiger partial charge in [-0.3, -0.25) is 0 Å². The van der Waals surface area contributed by atoms with Gasteiger partial charge in [-0.25, -0.2) is 4.79 Å². The second kappa shape index (κ2) is 5.92. The van der Waals surface area contributed by atoms with Gasteiger partial charge < -0.3 is 19.7 Å². The Bertz CT molecular complexity index is 637. The van der Waals surface area contributed by atoms with Crippen molar-refractivity contribution in [1.29, 1.82) is 0 Å². The van der Waals surface area contributed by atoms with Gasteiger partial charge in [-0.2, -0.15) is 4.52 Å². The topological polar surface area (TPSA) is 93.9 Å². The van der Waals surface area contributed by atoms with Crippen LogP contribution in [-0.4, -0.2) is 64.2 Å². The summed E-state index contributed by atoms with van der Waals surface area (Å²) in [4.78, 5) is 13.7. The van der Waals surface area contributed by atoms with Crippen LogP contribution in [0, 0.1) is 0 Å². The fourth-order valence-corrected chi connectivity index (χ4v) is 2.07. The lowest BCUT2D eigenvalue weighted by Gasteiger charge is -2.26. The van der Waals surface area contributed by atoms with Crippen LogP contribution in [0.4, 0.5) is 4.79 Å². The molecule has 0 bridgehead atoms. The summed E-state index contributed by atoms with van der Waals surface area (Å²) in [5.74, 6) is 1.01. The van der Waals surface area contributed by atoms with E-state index in [2.05, 4.69) is 20.6 Å². The number of methoxy groups -OCH3 is 1. The third kappa shape index (κ3) is 2.87. The van der Waals surface area contributed by atoms with Gasteiger partial charge in [0.05, 0.1) is 26.9 Å². The quantitative estimate of drug-likeness (QED) is 0.833. The summed E-state index contributed by atoms with van der Waals surface area (Å²) in [5.41, 5.74) is 0.603. The Morgan fingerprint density at radius 2 is 2.19 bits per heavy atom. The molecule has 0 atom stereocenters. The smallest absolute Gasteiger partial charge is 0.317 e. The van der Waals surface area contributed by atoms with E-state index in [1.165, 1.54) is 0 Å². The van der Waals surface area contributed by atoms with Gasteiger partial charge in [0.1, 0.15) is 0 Å². The van der Waals surface area contributed by atoms with Gasteiger partial charge >= 0.3 is 6.03 Å². The molecule has 0 spiro atoms. The van der Waals surface area contributed by atoms with E-state index in [0.717, 1.165) is 0 Å². The highest BCUT2D eigenvalue weighted by Crippen LogP contribution is 2.08. The number of amides is 2. The Hall–Kier alpha value is -2.42. The molecule has 0 radical (unpaired) electrons. The van der Waals surface area contributed by atoms with Crippen LogP contribution in [0.15, 0.2) is 12.1 Å². The van der Waals surface area contributed by atoms with E-state index in [1.807, 2.05) is 0 Å². The van der Waals surface area contributed by atoms with Crippen LogP contribution in [0.5, 0.6) is 5.88 Å². The number of hydrogen-bond donors (Lipinski definition) is 1. The maximum Gasteiger partial charge on any atom is 0.317 e. The van der Waals surface area contributed by atoms with Crippen molar-refractivity contribution in [3.8, 4) is 5.88 Å². The van der Waals surface area contributed by atoms with E-state index >= 15 is 0 Å². The van der Waals surface area contributed by atoms with Crippen molar-refractivity contribution in [2.24, 2.45) is 0 Å². The molecule has 9 nitrogen and oxygen atoms in total. The number of urea groups is 1. The molecule has 0 aliphatic carbocycles. The molecule has 2 aromatic heterocycles. The number of morpholine rings is 1. The zero-order valence-corrected chi connectivity index (χ0v) is 11.7. The molecule has 1 aliphatic rings. The number of aromatic nitrogens is 4. The minimum absolute atomic E-state index is 0.141. The minimum atomic E-state index is -0.141.